The van der Waals surface area contributed by atoms with Crippen molar-refractivity contribution in [2.24, 2.45) is 29.6 Å². The van der Waals surface area contributed by atoms with Gasteiger partial charge in [0.25, 0.3) is 0 Å². The lowest BCUT2D eigenvalue weighted by Crippen LogP contribution is -2.62. The smallest absolute Gasteiger partial charge is 0.410 e. The minimum absolute atomic E-state index is 0.0108. The van der Waals surface area contributed by atoms with Gasteiger partial charge < -0.3 is 83.3 Å². The Balaban J connectivity index is 1.08. The van der Waals surface area contributed by atoms with Crippen LogP contribution in [0.15, 0.2) is 12.1 Å². The van der Waals surface area contributed by atoms with Crippen molar-refractivity contribution in [3.8, 4) is 0 Å². The molecule has 0 aromatic heterocycles. The van der Waals surface area contributed by atoms with Gasteiger partial charge in [-0.1, -0.05) is 39.3 Å². The van der Waals surface area contributed by atoms with Crippen molar-refractivity contribution in [2.45, 2.75) is 205 Å². The van der Waals surface area contributed by atoms with Crippen LogP contribution in [0.5, 0.6) is 0 Å². The van der Waals surface area contributed by atoms with Crippen molar-refractivity contribution < 1.29 is 86.7 Å². The Bertz CT molecular complexity index is 2470. The van der Waals surface area contributed by atoms with Crippen LogP contribution in [0.2, 0.25) is 5.02 Å². The van der Waals surface area contributed by atoms with E-state index in [0.717, 1.165) is 12.8 Å². The van der Waals surface area contributed by atoms with E-state index in [1.165, 1.54) is 26.0 Å². The number of carboxylic acid groups (broad SMARTS) is 1. The van der Waals surface area contributed by atoms with Crippen LogP contribution in [0.3, 0.4) is 0 Å². The minimum Gasteiger partial charge on any atom is -0.481 e. The summed E-state index contributed by atoms with van der Waals surface area (Å²) in [6, 6.07) is 2.16. The molecule has 1 aliphatic carbocycles. The van der Waals surface area contributed by atoms with Gasteiger partial charge in [0.1, 0.15) is 29.5 Å². The zero-order valence-corrected chi connectivity index (χ0v) is 50.9. The molecule has 1 saturated carbocycles. The number of amides is 1. The number of aliphatic hydroxyl groups excluding tert-OH is 1. The number of likely N-dealkylation sites (N-methyl/N-ethyl adjacent to an activating group) is 2. The Labute approximate surface area is 486 Å². The highest BCUT2D eigenvalue weighted by atomic mass is 35.5. The molecule has 5 fully saturated rings. The third kappa shape index (κ3) is 13.7. The molecule has 0 radical (unpaired) electrons. The maximum Gasteiger partial charge on any atom is 0.410 e. The monoisotopic (exact) mass is 1180 g/mol. The predicted molar refractivity (Wildman–Crippen MR) is 299 cm³/mol. The van der Waals surface area contributed by atoms with Gasteiger partial charge in [-0.25, -0.2) is 4.79 Å². The molecule has 19 atom stereocenters. The van der Waals surface area contributed by atoms with Crippen LogP contribution < -0.4 is 15.5 Å². The summed E-state index contributed by atoms with van der Waals surface area (Å²) in [7, 11) is 6.57. The van der Waals surface area contributed by atoms with E-state index in [1.54, 1.807) is 88.5 Å². The number of hydrogen-bond acceptors (Lipinski definition) is 21. The van der Waals surface area contributed by atoms with E-state index in [9.17, 15) is 44.1 Å². The highest BCUT2D eigenvalue weighted by Gasteiger charge is 2.61. The van der Waals surface area contributed by atoms with Gasteiger partial charge in [-0.3, -0.25) is 24.0 Å². The summed E-state index contributed by atoms with van der Waals surface area (Å²) in [6.07, 6.45) is -8.32. The van der Waals surface area contributed by atoms with Crippen LogP contribution in [0.1, 0.15) is 125 Å². The second kappa shape index (κ2) is 26.6. The van der Waals surface area contributed by atoms with Crippen LogP contribution in [0.25, 0.3) is 0 Å². The number of nitrogens with one attached hydrogen (secondary N) is 2. The van der Waals surface area contributed by atoms with Gasteiger partial charge in [-0.05, 0) is 93.5 Å². The van der Waals surface area contributed by atoms with Crippen LogP contribution in [0.4, 0.5) is 16.2 Å². The van der Waals surface area contributed by atoms with Gasteiger partial charge >= 0.3 is 24.0 Å². The highest BCUT2D eigenvalue weighted by Crippen LogP contribution is 2.46. The van der Waals surface area contributed by atoms with Crippen LogP contribution >= 0.6 is 11.6 Å². The molecule has 7 rings (SSSR count). The number of hydrogen-bond donors (Lipinski definition) is 5. The second-order valence-corrected chi connectivity index (χ2v) is 24.7. The summed E-state index contributed by atoms with van der Waals surface area (Å²) in [6.45, 7) is 18.4. The second-order valence-electron chi connectivity index (χ2n) is 24.3. The molecule has 5 N–H and O–H groups in total. The summed E-state index contributed by atoms with van der Waals surface area (Å²) >= 11 is 6.67. The first-order valence-corrected chi connectivity index (χ1v) is 29.5. The van der Waals surface area contributed by atoms with Gasteiger partial charge in [0, 0.05) is 101 Å². The van der Waals surface area contributed by atoms with Crippen molar-refractivity contribution in [2.75, 3.05) is 71.3 Å². The SMILES string of the molecule is CC[C@H]1OC(=O)[C@H](C)[C@@H](OC2C[C@@](C)(OC)[C@@H](OC(=O)CCNCCNc3cc4c(cc3Cl)N(C3CC3)CC(C(=O)O)C4=O)[C@H](C)O2)[C@H](C)[C@@H](OC2O[C@H](OC)C[C@H](N(C)C)[C@H]2O)[C@](C)(O)C[C@@H](C)C(=O)[C@H](C)[C@@H]2N(CC)C(=O)O[C@@]21C. The fourth-order valence-corrected chi connectivity index (χ4v) is 13.6. The first-order valence-electron chi connectivity index (χ1n) is 29.1. The number of rotatable bonds is 19. The number of carbonyl (C=O) groups excluding carboxylic acids is 5. The molecule has 462 valence electrons. The molecule has 4 saturated heterocycles. The average Bonchev–Trinajstić information content (AvgIpc) is 4.42. The van der Waals surface area contributed by atoms with Crippen LogP contribution in [-0.2, 0) is 61.8 Å². The number of ketones is 2. The molecular formula is C58H90ClN5O18. The van der Waals surface area contributed by atoms with Crippen molar-refractivity contribution in [1.29, 1.82) is 0 Å². The van der Waals surface area contributed by atoms with Gasteiger partial charge in [-0.2, -0.15) is 0 Å². The molecule has 0 bridgehead atoms. The number of methoxy groups -OCH3 is 2. The minimum atomic E-state index is -1.89. The van der Waals surface area contributed by atoms with E-state index < -0.39 is 144 Å². The van der Waals surface area contributed by atoms with Crippen molar-refractivity contribution >= 4 is 58.5 Å². The number of fused-ring (bicyclic) bond motifs is 2. The molecule has 6 aliphatic rings. The number of aliphatic carboxylic acids is 1. The normalized spacial score (nSPS) is 38.6. The standard InChI is InChI=1S/C58H90ClN5O18/c1-15-41-58(10)49(63(16-2)55(72)82-58)30(4)45(66)29(3)26-56(8,73)50(81-54-47(68)40(62(11)12)25-43(74-13)80-54)31(5)48(32(6)53(71)77-41)79-44-27-57(9,75-14)51(33(7)76-44)78-42(65)19-20-60-21-22-61-38-23-35-39(24-37(38)59)64(34-17-18-34)28-36(46(35)67)52(69)70/h23-24,29-34,36,40-41,43-44,47-51,54,60-61,68,73H,15-22,25-28H2,1-14H3,(H,69,70)/t29-,30+,31+,32-,33+,36?,40+,41-,43+,44?,47-,48+,49+,50-,51+,54?,56-,57-,58-/m1/s1. The number of carboxylic acids is 1. The molecule has 1 amide bonds. The molecule has 82 heavy (non-hydrogen) atoms. The summed E-state index contributed by atoms with van der Waals surface area (Å²) in [5, 5.41) is 41.4. The number of esters is 2. The van der Waals surface area contributed by atoms with Crippen molar-refractivity contribution in [3.63, 3.8) is 0 Å². The number of aliphatic hydroxyl groups is 2. The quantitative estimate of drug-likeness (QED) is 0.0526. The van der Waals surface area contributed by atoms with Gasteiger partial charge in [0.2, 0.25) is 0 Å². The molecule has 0 spiro atoms. The van der Waals surface area contributed by atoms with Gasteiger partial charge in [0.05, 0.1) is 53.0 Å². The predicted octanol–water partition coefficient (Wildman–Crippen LogP) is 5.02. The lowest BCUT2D eigenvalue weighted by molar-refractivity contribution is -0.340. The lowest BCUT2D eigenvalue weighted by Gasteiger charge is -2.49. The van der Waals surface area contributed by atoms with Crippen LogP contribution in [-0.4, -0.2) is 212 Å². The number of halogens is 1. The van der Waals surface area contributed by atoms with E-state index in [2.05, 4.69) is 10.6 Å². The maximum absolute atomic E-state index is 14.9. The summed E-state index contributed by atoms with van der Waals surface area (Å²) in [4.78, 5) is 87.3. The van der Waals surface area contributed by atoms with E-state index >= 15 is 0 Å². The third-order valence-electron chi connectivity index (χ3n) is 18.0. The zero-order valence-electron chi connectivity index (χ0n) is 50.1. The highest BCUT2D eigenvalue weighted by molar-refractivity contribution is 6.34. The van der Waals surface area contributed by atoms with Crippen molar-refractivity contribution in [3.05, 3.63) is 22.7 Å². The van der Waals surface area contributed by atoms with Crippen LogP contribution in [0, 0.1) is 29.6 Å². The molecule has 5 aliphatic heterocycles. The Hall–Kier alpha value is -4.27. The van der Waals surface area contributed by atoms with E-state index in [1.807, 2.05) is 9.80 Å². The third-order valence-corrected chi connectivity index (χ3v) is 18.4. The zero-order chi connectivity index (χ0) is 60.5. The molecule has 23 nitrogen and oxygen atoms in total. The Morgan fingerprint density at radius 1 is 0.915 bits per heavy atom. The fourth-order valence-electron chi connectivity index (χ4n) is 13.3. The Kier molecular flexibility index (Phi) is 21.1. The molecule has 1 aromatic rings. The average molecular weight is 1180 g/mol. The number of Topliss-reactive ketones (excluding diaryl/α,β-unsaturated/α-hetero) is 2. The lowest BCUT2D eigenvalue weighted by atomic mass is 9.73. The van der Waals surface area contributed by atoms with Gasteiger partial charge in [-0.15, -0.1) is 0 Å². The molecule has 1 aromatic carbocycles. The summed E-state index contributed by atoms with van der Waals surface area (Å²) in [5.41, 5.74) is -3.12. The Morgan fingerprint density at radius 2 is 1.61 bits per heavy atom. The summed E-state index contributed by atoms with van der Waals surface area (Å²) in [5.74, 6) is -8.07. The fraction of sp³-hybridized carbons (Fsp3) is 0.793. The molecular weight excluding hydrogens is 1090 g/mol. The number of cyclic esters (lactones) is 1. The molecule has 5 heterocycles. The first kappa shape index (κ1) is 65.3. The van der Waals surface area contributed by atoms with E-state index in [-0.39, 0.29) is 57.1 Å². The van der Waals surface area contributed by atoms with E-state index in [0.29, 0.717) is 41.5 Å². The van der Waals surface area contributed by atoms with Gasteiger partial charge in [0.15, 0.2) is 36.4 Å². The number of nitrogens with zero attached hydrogens (tertiary/aromatic N) is 3. The van der Waals surface area contributed by atoms with E-state index in [4.69, 9.17) is 54.2 Å². The number of ether oxygens (including phenoxy) is 9. The Morgan fingerprint density at radius 3 is 2.22 bits per heavy atom. The molecule has 3 unspecified atom stereocenters. The number of carbonyl (C=O) groups is 6. The first-order chi connectivity index (χ1) is 38.5. The topological polar surface area (TPSA) is 280 Å². The van der Waals surface area contributed by atoms with Crippen molar-refractivity contribution in [1.82, 2.24) is 15.1 Å². The summed E-state index contributed by atoms with van der Waals surface area (Å²) < 4.78 is 56.8. The molecule has 24 heteroatoms. The number of benzene rings is 1. The largest absolute Gasteiger partial charge is 0.481 e. The maximum atomic E-state index is 14.9. The number of anilines is 2.